The molecule has 0 spiro atoms. The van der Waals surface area contributed by atoms with Crippen LogP contribution in [0, 0.1) is 0 Å². The van der Waals surface area contributed by atoms with E-state index in [1.165, 1.54) is 22.5 Å². The number of anilines is 2. The predicted octanol–water partition coefficient (Wildman–Crippen LogP) is 4.18. The third-order valence-corrected chi connectivity index (χ3v) is 6.30. The van der Waals surface area contributed by atoms with E-state index in [2.05, 4.69) is 63.2 Å². The molecule has 0 saturated carbocycles. The van der Waals surface area contributed by atoms with Gasteiger partial charge >= 0.3 is 0 Å². The van der Waals surface area contributed by atoms with E-state index in [0.29, 0.717) is 6.61 Å². The molecule has 5 rings (SSSR count). The van der Waals surface area contributed by atoms with E-state index in [-0.39, 0.29) is 12.4 Å². The molecule has 6 nitrogen and oxygen atoms in total. The summed E-state index contributed by atoms with van der Waals surface area (Å²) in [6.45, 7) is 9.46. The number of hydrogen-bond acceptors (Lipinski definition) is 6. The monoisotopic (exact) mass is 465 g/mol. The quantitative estimate of drug-likeness (QED) is 0.544. The van der Waals surface area contributed by atoms with Crippen LogP contribution in [0.5, 0.6) is 5.75 Å². The molecule has 0 bridgehead atoms. The maximum atomic E-state index is 5.65. The highest BCUT2D eigenvalue weighted by Gasteiger charge is 2.23. The number of nitrogens with zero attached hydrogens (tertiary/aromatic N) is 5. The van der Waals surface area contributed by atoms with Crippen molar-refractivity contribution in [2.45, 2.75) is 26.4 Å². The lowest BCUT2D eigenvalue weighted by Gasteiger charge is -2.36. The normalized spacial score (nSPS) is 16.2. The first-order valence-electron chi connectivity index (χ1n) is 11.6. The second-order valence-corrected chi connectivity index (χ2v) is 8.49. The molecule has 2 aromatic carbocycles. The summed E-state index contributed by atoms with van der Waals surface area (Å²) in [6.07, 6.45) is 3.02. The van der Waals surface area contributed by atoms with Gasteiger partial charge in [-0.25, -0.2) is 9.97 Å². The summed E-state index contributed by atoms with van der Waals surface area (Å²) in [5, 5.41) is 0. The molecule has 0 unspecified atom stereocenters. The Morgan fingerprint density at radius 2 is 1.70 bits per heavy atom. The number of para-hydroxylation sites is 1. The fourth-order valence-electron chi connectivity index (χ4n) is 4.61. The number of rotatable bonds is 6. The van der Waals surface area contributed by atoms with Crippen molar-refractivity contribution in [1.82, 2.24) is 14.9 Å². The van der Waals surface area contributed by atoms with E-state index >= 15 is 0 Å². The van der Waals surface area contributed by atoms with Crippen molar-refractivity contribution in [3.63, 3.8) is 0 Å². The van der Waals surface area contributed by atoms with Gasteiger partial charge in [0.15, 0.2) is 0 Å². The van der Waals surface area contributed by atoms with Gasteiger partial charge in [0, 0.05) is 69.7 Å². The van der Waals surface area contributed by atoms with Gasteiger partial charge in [-0.3, -0.25) is 4.90 Å². The number of piperazine rings is 1. The lowest BCUT2D eigenvalue weighted by atomic mass is 10.1. The summed E-state index contributed by atoms with van der Waals surface area (Å²) in [6, 6.07) is 19.1. The Labute approximate surface area is 202 Å². The standard InChI is InChI=1S/C26H31N5O.ClH/c1-2-32-24-10-6-7-21(17-24)19-29-12-11-25-22(20-29)18-27-26(28-25)31-15-13-30(14-16-31)23-8-4-3-5-9-23;/h3-10,17-18H,2,11-16,19-20H2,1H3;1H. The van der Waals surface area contributed by atoms with Crippen LogP contribution >= 0.6 is 12.4 Å². The van der Waals surface area contributed by atoms with Crippen molar-refractivity contribution in [3.8, 4) is 5.75 Å². The molecule has 1 saturated heterocycles. The second kappa shape index (κ2) is 10.9. The molecule has 3 heterocycles. The van der Waals surface area contributed by atoms with Crippen LogP contribution in [0.4, 0.5) is 11.6 Å². The zero-order chi connectivity index (χ0) is 21.8. The first kappa shape index (κ1) is 23.3. The van der Waals surface area contributed by atoms with Crippen LogP contribution in [0.2, 0.25) is 0 Å². The molecule has 3 aromatic rings. The van der Waals surface area contributed by atoms with Crippen LogP contribution in [-0.4, -0.2) is 54.2 Å². The van der Waals surface area contributed by atoms with Gasteiger partial charge in [-0.2, -0.15) is 0 Å². The van der Waals surface area contributed by atoms with Gasteiger partial charge in [0.1, 0.15) is 5.75 Å². The molecule has 7 heteroatoms. The topological polar surface area (TPSA) is 44.7 Å². The molecule has 174 valence electrons. The van der Waals surface area contributed by atoms with Crippen molar-refractivity contribution >= 4 is 24.0 Å². The highest BCUT2D eigenvalue weighted by Crippen LogP contribution is 2.23. The molecule has 0 N–H and O–H groups in total. The SMILES string of the molecule is CCOc1cccc(CN2CCc3nc(N4CCN(c5ccccc5)CC4)ncc3C2)c1.Cl. The Kier molecular flexibility index (Phi) is 7.68. The third kappa shape index (κ3) is 5.57. The number of ether oxygens (including phenoxy) is 1. The Hall–Kier alpha value is -2.83. The maximum Gasteiger partial charge on any atom is 0.225 e. The Morgan fingerprint density at radius 1 is 0.909 bits per heavy atom. The highest BCUT2D eigenvalue weighted by molar-refractivity contribution is 5.85. The van der Waals surface area contributed by atoms with Crippen LogP contribution < -0.4 is 14.5 Å². The Morgan fingerprint density at radius 3 is 2.48 bits per heavy atom. The van der Waals surface area contributed by atoms with Crippen molar-refractivity contribution in [2.24, 2.45) is 0 Å². The van der Waals surface area contributed by atoms with Crippen molar-refractivity contribution in [1.29, 1.82) is 0 Å². The van der Waals surface area contributed by atoms with Crippen LogP contribution in [0.1, 0.15) is 23.7 Å². The number of benzene rings is 2. The Balaban J connectivity index is 0.00000259. The molecular formula is C26H32ClN5O. The minimum atomic E-state index is 0. The van der Waals surface area contributed by atoms with Gasteiger partial charge < -0.3 is 14.5 Å². The average molecular weight is 466 g/mol. The minimum absolute atomic E-state index is 0. The van der Waals surface area contributed by atoms with E-state index in [9.17, 15) is 0 Å². The molecule has 0 radical (unpaired) electrons. The lowest BCUT2D eigenvalue weighted by Crippen LogP contribution is -2.47. The van der Waals surface area contributed by atoms with E-state index < -0.39 is 0 Å². The van der Waals surface area contributed by atoms with E-state index in [1.807, 2.05) is 19.2 Å². The summed E-state index contributed by atoms with van der Waals surface area (Å²) in [4.78, 5) is 16.9. The Bertz CT molecular complexity index is 1040. The summed E-state index contributed by atoms with van der Waals surface area (Å²) >= 11 is 0. The molecule has 0 aliphatic carbocycles. The number of fused-ring (bicyclic) bond motifs is 1. The number of hydrogen-bond donors (Lipinski definition) is 0. The van der Waals surface area contributed by atoms with Crippen LogP contribution in [0.25, 0.3) is 0 Å². The molecule has 0 amide bonds. The van der Waals surface area contributed by atoms with Crippen LogP contribution in [0.15, 0.2) is 60.8 Å². The van der Waals surface area contributed by atoms with Gasteiger partial charge in [-0.15, -0.1) is 12.4 Å². The first-order valence-corrected chi connectivity index (χ1v) is 11.6. The van der Waals surface area contributed by atoms with Gasteiger partial charge in [-0.05, 0) is 36.8 Å². The van der Waals surface area contributed by atoms with Crippen molar-refractivity contribution < 1.29 is 4.74 Å². The molecule has 1 aromatic heterocycles. The minimum Gasteiger partial charge on any atom is -0.494 e. The summed E-state index contributed by atoms with van der Waals surface area (Å²) < 4.78 is 5.65. The summed E-state index contributed by atoms with van der Waals surface area (Å²) in [7, 11) is 0. The average Bonchev–Trinajstić information content (AvgIpc) is 2.85. The molecule has 0 atom stereocenters. The van der Waals surface area contributed by atoms with Gasteiger partial charge in [0.2, 0.25) is 5.95 Å². The second-order valence-electron chi connectivity index (χ2n) is 8.49. The van der Waals surface area contributed by atoms with E-state index in [4.69, 9.17) is 14.7 Å². The van der Waals surface area contributed by atoms with Gasteiger partial charge in [0.25, 0.3) is 0 Å². The molecule has 2 aliphatic heterocycles. The maximum absolute atomic E-state index is 5.65. The molecule has 2 aliphatic rings. The highest BCUT2D eigenvalue weighted by atomic mass is 35.5. The predicted molar refractivity (Wildman–Crippen MR) is 136 cm³/mol. The van der Waals surface area contributed by atoms with Gasteiger partial charge in [0.05, 0.1) is 12.3 Å². The number of halogens is 1. The van der Waals surface area contributed by atoms with Gasteiger partial charge in [-0.1, -0.05) is 30.3 Å². The first-order chi connectivity index (χ1) is 15.8. The smallest absolute Gasteiger partial charge is 0.225 e. The summed E-state index contributed by atoms with van der Waals surface area (Å²) in [5.41, 5.74) is 5.04. The lowest BCUT2D eigenvalue weighted by molar-refractivity contribution is 0.242. The third-order valence-electron chi connectivity index (χ3n) is 6.30. The molecular weight excluding hydrogens is 434 g/mol. The fourth-order valence-corrected chi connectivity index (χ4v) is 4.61. The van der Waals surface area contributed by atoms with Crippen molar-refractivity contribution in [3.05, 3.63) is 77.6 Å². The zero-order valence-corrected chi connectivity index (χ0v) is 20.0. The van der Waals surface area contributed by atoms with Crippen LogP contribution in [-0.2, 0) is 19.5 Å². The fraction of sp³-hybridized carbons (Fsp3) is 0.385. The summed E-state index contributed by atoms with van der Waals surface area (Å²) in [5.74, 6) is 1.83. The largest absolute Gasteiger partial charge is 0.494 e. The zero-order valence-electron chi connectivity index (χ0n) is 19.2. The number of aromatic nitrogens is 2. The van der Waals surface area contributed by atoms with Crippen molar-refractivity contribution in [2.75, 3.05) is 49.1 Å². The molecule has 1 fully saturated rings. The molecule has 33 heavy (non-hydrogen) atoms. The van der Waals surface area contributed by atoms with E-state index in [1.54, 1.807) is 0 Å². The van der Waals surface area contributed by atoms with Crippen LogP contribution in [0.3, 0.4) is 0 Å². The van der Waals surface area contributed by atoms with E-state index in [0.717, 1.165) is 63.9 Å².